The van der Waals surface area contributed by atoms with Gasteiger partial charge in [0.2, 0.25) is 11.9 Å². The van der Waals surface area contributed by atoms with Gasteiger partial charge in [0.15, 0.2) is 0 Å². The maximum atomic E-state index is 14.3. The Bertz CT molecular complexity index is 817. The van der Waals surface area contributed by atoms with Crippen molar-refractivity contribution in [2.24, 2.45) is 0 Å². The van der Waals surface area contributed by atoms with Crippen molar-refractivity contribution in [2.45, 2.75) is 31.3 Å². The molecule has 1 aliphatic rings. The molecular formula is C18H17F2N3O3. The third kappa shape index (κ3) is 3.68. The van der Waals surface area contributed by atoms with Gasteiger partial charge in [0, 0.05) is 48.2 Å². The number of carbonyl (C=O) groups is 1. The number of pyridine rings is 1. The predicted octanol–water partition coefficient (Wildman–Crippen LogP) is 2.91. The molecule has 2 heterocycles. The minimum Gasteiger partial charge on any atom is -0.328 e. The third-order valence-corrected chi connectivity index (χ3v) is 4.56. The van der Waals surface area contributed by atoms with Crippen LogP contribution in [0.1, 0.15) is 30.1 Å². The van der Waals surface area contributed by atoms with Gasteiger partial charge in [0.05, 0.1) is 0 Å². The zero-order valence-electron chi connectivity index (χ0n) is 13.8. The topological polar surface area (TPSA) is 76.3 Å². The zero-order valence-corrected chi connectivity index (χ0v) is 13.8. The van der Waals surface area contributed by atoms with Crippen LogP contribution >= 0.6 is 0 Å². The van der Waals surface area contributed by atoms with Crippen LogP contribution in [0.15, 0.2) is 42.6 Å². The van der Waals surface area contributed by atoms with Crippen LogP contribution in [-0.2, 0) is 11.2 Å². The Balaban J connectivity index is 1.95. The largest absolute Gasteiger partial charge is 0.328 e. The SMILES string of the molecule is O=C1CCC([N+](=O)[O-])[C@@H](c2cc(F)ccc2F)N1CCc1ccccn1. The summed E-state index contributed by atoms with van der Waals surface area (Å²) in [6.45, 7) is 0.140. The minimum absolute atomic E-state index is 0.00129. The number of benzene rings is 1. The zero-order chi connectivity index (χ0) is 18.7. The molecule has 1 unspecified atom stereocenters. The van der Waals surface area contributed by atoms with Gasteiger partial charge in [0.1, 0.15) is 17.7 Å². The van der Waals surface area contributed by atoms with Crippen molar-refractivity contribution in [3.63, 3.8) is 0 Å². The second kappa shape index (κ2) is 7.55. The molecular weight excluding hydrogens is 344 g/mol. The van der Waals surface area contributed by atoms with Crippen molar-refractivity contribution in [1.82, 2.24) is 9.88 Å². The number of hydrogen-bond acceptors (Lipinski definition) is 4. The average molecular weight is 361 g/mol. The summed E-state index contributed by atoms with van der Waals surface area (Å²) in [6, 6.07) is 5.80. The molecule has 0 aliphatic carbocycles. The first-order valence-corrected chi connectivity index (χ1v) is 8.25. The number of likely N-dealkylation sites (tertiary alicyclic amines) is 1. The van der Waals surface area contributed by atoms with Crippen molar-refractivity contribution in [2.75, 3.05) is 6.54 Å². The molecule has 0 bridgehead atoms. The Morgan fingerprint density at radius 3 is 2.77 bits per heavy atom. The molecule has 1 saturated heterocycles. The smallest absolute Gasteiger partial charge is 0.237 e. The van der Waals surface area contributed by atoms with Gasteiger partial charge >= 0.3 is 0 Å². The highest BCUT2D eigenvalue weighted by atomic mass is 19.1. The van der Waals surface area contributed by atoms with E-state index in [4.69, 9.17) is 0 Å². The Morgan fingerprint density at radius 1 is 1.27 bits per heavy atom. The lowest BCUT2D eigenvalue weighted by atomic mass is 9.89. The second-order valence-corrected chi connectivity index (χ2v) is 6.16. The number of piperidine rings is 1. The molecule has 136 valence electrons. The quantitative estimate of drug-likeness (QED) is 0.606. The van der Waals surface area contributed by atoms with E-state index in [2.05, 4.69) is 4.98 Å². The highest BCUT2D eigenvalue weighted by Crippen LogP contribution is 2.35. The predicted molar refractivity (Wildman–Crippen MR) is 88.8 cm³/mol. The van der Waals surface area contributed by atoms with Crippen LogP contribution in [0, 0.1) is 21.7 Å². The Hall–Kier alpha value is -2.90. The summed E-state index contributed by atoms with van der Waals surface area (Å²) in [6.07, 6.45) is 1.97. The summed E-state index contributed by atoms with van der Waals surface area (Å²) < 4.78 is 28.0. The Morgan fingerprint density at radius 2 is 2.08 bits per heavy atom. The molecule has 0 saturated carbocycles. The lowest BCUT2D eigenvalue weighted by Crippen LogP contribution is -2.49. The second-order valence-electron chi connectivity index (χ2n) is 6.16. The molecule has 1 aliphatic heterocycles. The summed E-state index contributed by atoms with van der Waals surface area (Å²) in [5, 5.41) is 11.5. The van der Waals surface area contributed by atoms with Crippen LogP contribution in [0.3, 0.4) is 0 Å². The molecule has 1 fully saturated rings. The number of hydrogen-bond donors (Lipinski definition) is 0. The molecule has 0 radical (unpaired) electrons. The number of rotatable bonds is 5. The monoisotopic (exact) mass is 361 g/mol. The van der Waals surface area contributed by atoms with Gasteiger partial charge in [-0.3, -0.25) is 19.9 Å². The molecule has 2 atom stereocenters. The van der Waals surface area contributed by atoms with Crippen LogP contribution in [0.25, 0.3) is 0 Å². The maximum absolute atomic E-state index is 14.3. The van der Waals surface area contributed by atoms with E-state index in [1.807, 2.05) is 0 Å². The van der Waals surface area contributed by atoms with Gasteiger partial charge < -0.3 is 4.90 Å². The standard InChI is InChI=1S/C18H17F2N3O3/c19-12-4-5-15(20)14(11-12)18-16(23(25)26)6-7-17(24)22(18)10-8-13-3-1-2-9-21-13/h1-5,9,11,16,18H,6-8,10H2/t16?,18-/m1/s1. The summed E-state index contributed by atoms with van der Waals surface area (Å²) in [5.74, 6) is -1.78. The van der Waals surface area contributed by atoms with Crippen LogP contribution in [-0.4, -0.2) is 33.3 Å². The van der Waals surface area contributed by atoms with E-state index in [0.717, 1.165) is 18.2 Å². The lowest BCUT2D eigenvalue weighted by molar-refractivity contribution is -0.533. The number of nitro groups is 1. The lowest BCUT2D eigenvalue weighted by Gasteiger charge is -2.37. The average Bonchev–Trinajstić information content (AvgIpc) is 2.63. The van der Waals surface area contributed by atoms with Crippen molar-refractivity contribution in [3.05, 3.63) is 75.6 Å². The van der Waals surface area contributed by atoms with E-state index < -0.39 is 28.6 Å². The number of halogens is 2. The first kappa shape index (κ1) is 17.9. The van der Waals surface area contributed by atoms with Crippen LogP contribution < -0.4 is 0 Å². The van der Waals surface area contributed by atoms with E-state index in [9.17, 15) is 23.7 Å². The fourth-order valence-electron chi connectivity index (χ4n) is 3.32. The van der Waals surface area contributed by atoms with Gasteiger partial charge in [-0.1, -0.05) is 6.07 Å². The fraction of sp³-hybridized carbons (Fsp3) is 0.333. The van der Waals surface area contributed by atoms with Gasteiger partial charge in [-0.2, -0.15) is 0 Å². The van der Waals surface area contributed by atoms with Gasteiger partial charge in [-0.15, -0.1) is 0 Å². The summed E-state index contributed by atoms with van der Waals surface area (Å²) >= 11 is 0. The van der Waals surface area contributed by atoms with Gasteiger partial charge in [0.25, 0.3) is 0 Å². The Kier molecular flexibility index (Phi) is 5.20. The van der Waals surface area contributed by atoms with E-state index in [1.54, 1.807) is 24.4 Å². The van der Waals surface area contributed by atoms with Crippen LogP contribution in [0.2, 0.25) is 0 Å². The number of amides is 1. The normalized spacial score (nSPS) is 20.2. The molecule has 26 heavy (non-hydrogen) atoms. The van der Waals surface area contributed by atoms with Gasteiger partial charge in [-0.05, 0) is 30.3 Å². The van der Waals surface area contributed by atoms with Crippen LogP contribution in [0.4, 0.5) is 8.78 Å². The van der Waals surface area contributed by atoms with E-state index in [1.165, 1.54) is 4.90 Å². The molecule has 3 rings (SSSR count). The summed E-state index contributed by atoms with van der Waals surface area (Å²) in [5.41, 5.74) is 0.544. The molecule has 0 spiro atoms. The highest BCUT2D eigenvalue weighted by Gasteiger charge is 2.44. The van der Waals surface area contributed by atoms with Crippen molar-refractivity contribution in [1.29, 1.82) is 0 Å². The summed E-state index contributed by atoms with van der Waals surface area (Å²) in [4.78, 5) is 28.9. The van der Waals surface area contributed by atoms with E-state index in [-0.39, 0.29) is 30.9 Å². The van der Waals surface area contributed by atoms with E-state index >= 15 is 0 Å². The fourth-order valence-corrected chi connectivity index (χ4v) is 3.32. The number of carbonyl (C=O) groups excluding carboxylic acids is 1. The number of nitrogens with zero attached hydrogens (tertiary/aromatic N) is 3. The molecule has 0 N–H and O–H groups in total. The molecule has 2 aromatic rings. The molecule has 8 heteroatoms. The minimum atomic E-state index is -1.19. The first-order chi connectivity index (χ1) is 12.5. The summed E-state index contributed by atoms with van der Waals surface area (Å²) in [7, 11) is 0. The maximum Gasteiger partial charge on any atom is 0.237 e. The van der Waals surface area contributed by atoms with E-state index in [0.29, 0.717) is 12.1 Å². The number of aromatic nitrogens is 1. The molecule has 1 aromatic carbocycles. The highest BCUT2D eigenvalue weighted by molar-refractivity contribution is 5.78. The molecule has 6 nitrogen and oxygen atoms in total. The van der Waals surface area contributed by atoms with Gasteiger partial charge in [-0.25, -0.2) is 8.78 Å². The molecule has 1 aromatic heterocycles. The molecule has 1 amide bonds. The Labute approximate surface area is 148 Å². The third-order valence-electron chi connectivity index (χ3n) is 4.56. The first-order valence-electron chi connectivity index (χ1n) is 8.25. The van der Waals surface area contributed by atoms with Crippen molar-refractivity contribution >= 4 is 5.91 Å². The van der Waals surface area contributed by atoms with Crippen molar-refractivity contribution < 1.29 is 18.5 Å². The van der Waals surface area contributed by atoms with Crippen LogP contribution in [0.5, 0.6) is 0 Å². The van der Waals surface area contributed by atoms with Crippen molar-refractivity contribution in [3.8, 4) is 0 Å².